The third kappa shape index (κ3) is 10.3. The van der Waals surface area contributed by atoms with Crippen LogP contribution in [0.1, 0.15) is 63.1 Å². The van der Waals surface area contributed by atoms with Crippen molar-refractivity contribution in [2.75, 3.05) is 32.9 Å². The van der Waals surface area contributed by atoms with Crippen LogP contribution in [0.5, 0.6) is 5.75 Å². The minimum atomic E-state index is -0.598. The normalized spacial score (nSPS) is 18.3. The van der Waals surface area contributed by atoms with E-state index in [1.165, 1.54) is 16.3 Å². The van der Waals surface area contributed by atoms with Crippen molar-refractivity contribution in [2.24, 2.45) is 0 Å². The largest absolute Gasteiger partial charge is 0.494 e. The second-order valence-corrected chi connectivity index (χ2v) is 13.2. The van der Waals surface area contributed by atoms with Crippen LogP contribution in [0, 0.1) is 0 Å². The summed E-state index contributed by atoms with van der Waals surface area (Å²) in [6.45, 7) is 11.4. The van der Waals surface area contributed by atoms with Crippen LogP contribution >= 0.6 is 0 Å². The number of rotatable bonds is 14. The van der Waals surface area contributed by atoms with Crippen molar-refractivity contribution in [1.82, 2.24) is 4.90 Å². The van der Waals surface area contributed by atoms with Gasteiger partial charge in [-0.3, -0.25) is 0 Å². The third-order valence-electron chi connectivity index (χ3n) is 8.15. The van der Waals surface area contributed by atoms with Gasteiger partial charge in [0, 0.05) is 18.9 Å². The fraction of sp³-hybridized carbons (Fsp3) is 0.425. The van der Waals surface area contributed by atoms with Gasteiger partial charge in [-0.05, 0) is 72.9 Å². The van der Waals surface area contributed by atoms with E-state index in [-0.39, 0.29) is 24.2 Å². The minimum Gasteiger partial charge on any atom is -0.494 e. The molecule has 1 amide bonds. The Hall–Kier alpha value is -3.91. The molecule has 5 rings (SSSR count). The van der Waals surface area contributed by atoms with Crippen molar-refractivity contribution in [1.29, 1.82) is 0 Å². The fourth-order valence-corrected chi connectivity index (χ4v) is 5.90. The summed E-state index contributed by atoms with van der Waals surface area (Å²) >= 11 is 0. The van der Waals surface area contributed by atoms with Gasteiger partial charge in [0.05, 0.1) is 51.7 Å². The number of hydrogen-bond acceptors (Lipinski definition) is 6. The molecule has 0 N–H and O–H groups in total. The van der Waals surface area contributed by atoms with Crippen LogP contribution in [-0.4, -0.2) is 61.7 Å². The van der Waals surface area contributed by atoms with E-state index in [4.69, 9.17) is 23.7 Å². The van der Waals surface area contributed by atoms with Crippen LogP contribution in [0.3, 0.4) is 0 Å². The Balaban J connectivity index is 1.27. The predicted octanol–water partition coefficient (Wildman–Crippen LogP) is 8.54. The van der Waals surface area contributed by atoms with E-state index in [0.717, 1.165) is 29.7 Å². The molecule has 1 aliphatic heterocycles. The van der Waals surface area contributed by atoms with Gasteiger partial charge in [0.1, 0.15) is 11.4 Å². The number of fused-ring (bicyclic) bond motifs is 1. The Morgan fingerprint density at radius 1 is 0.745 bits per heavy atom. The standard InChI is InChI=1S/C40H49NO6/c1-5-22-45-36-26-41(39(42)47-40(2,3)4)27-37(46-29-31-16-17-32-14-9-10-15-34(32)25-31)38(36)33-18-20-35(21-19-33)44-24-11-23-43-28-30-12-7-6-8-13-30/h6-10,12-21,25,36-38H,5,11,22-24,26-29H2,1-4H3. The SMILES string of the molecule is CCCOC1CN(C(=O)OC(C)(C)C)CC(OCc2ccc3ccccc3c2)C1c1ccc(OCCCOCc2ccccc2)cc1. The Morgan fingerprint density at radius 2 is 1.45 bits per heavy atom. The van der Waals surface area contributed by atoms with Crippen LogP contribution in [0.4, 0.5) is 4.79 Å². The van der Waals surface area contributed by atoms with E-state index >= 15 is 0 Å². The Kier molecular flexibility index (Phi) is 12.3. The van der Waals surface area contributed by atoms with Crippen LogP contribution in [0.25, 0.3) is 10.8 Å². The third-order valence-corrected chi connectivity index (χ3v) is 8.15. The summed E-state index contributed by atoms with van der Waals surface area (Å²) in [4.78, 5) is 15.0. The van der Waals surface area contributed by atoms with Gasteiger partial charge < -0.3 is 28.6 Å². The van der Waals surface area contributed by atoms with Gasteiger partial charge in [-0.1, -0.05) is 85.8 Å². The average molecular weight is 640 g/mol. The van der Waals surface area contributed by atoms with Crippen molar-refractivity contribution in [3.63, 3.8) is 0 Å². The zero-order valence-corrected chi connectivity index (χ0v) is 28.2. The van der Waals surface area contributed by atoms with E-state index < -0.39 is 5.60 Å². The lowest BCUT2D eigenvalue weighted by Crippen LogP contribution is -2.55. The highest BCUT2D eigenvalue weighted by molar-refractivity contribution is 5.82. The summed E-state index contributed by atoms with van der Waals surface area (Å²) < 4.78 is 30.8. The molecule has 1 fully saturated rings. The molecular formula is C40H49NO6. The number of benzene rings is 4. The topological polar surface area (TPSA) is 66.5 Å². The van der Waals surface area contributed by atoms with Crippen molar-refractivity contribution in [2.45, 2.75) is 77.5 Å². The van der Waals surface area contributed by atoms with Gasteiger partial charge in [-0.25, -0.2) is 4.79 Å². The van der Waals surface area contributed by atoms with Crippen molar-refractivity contribution >= 4 is 16.9 Å². The van der Waals surface area contributed by atoms with Crippen LogP contribution in [0.2, 0.25) is 0 Å². The first kappa shape index (κ1) is 34.4. The van der Waals surface area contributed by atoms with Crippen molar-refractivity contribution in [3.8, 4) is 5.75 Å². The fourth-order valence-electron chi connectivity index (χ4n) is 5.90. The van der Waals surface area contributed by atoms with E-state index in [1.54, 1.807) is 4.90 Å². The van der Waals surface area contributed by atoms with Gasteiger partial charge >= 0.3 is 6.09 Å². The maximum Gasteiger partial charge on any atom is 0.410 e. The monoisotopic (exact) mass is 639 g/mol. The van der Waals surface area contributed by atoms with Crippen molar-refractivity contribution in [3.05, 3.63) is 114 Å². The lowest BCUT2D eigenvalue weighted by Gasteiger charge is -2.43. The summed E-state index contributed by atoms with van der Waals surface area (Å²) in [5, 5.41) is 2.37. The van der Waals surface area contributed by atoms with Gasteiger partial charge in [0.25, 0.3) is 0 Å². The molecule has 1 saturated heterocycles. The van der Waals surface area contributed by atoms with Crippen LogP contribution < -0.4 is 4.74 Å². The molecule has 4 aromatic carbocycles. The second-order valence-electron chi connectivity index (χ2n) is 13.2. The number of ether oxygens (including phenoxy) is 5. The Bertz CT molecular complexity index is 1530. The number of nitrogens with zero attached hydrogens (tertiary/aromatic N) is 1. The molecule has 0 aliphatic carbocycles. The highest BCUT2D eigenvalue weighted by Gasteiger charge is 2.42. The molecule has 3 atom stereocenters. The zero-order valence-electron chi connectivity index (χ0n) is 28.2. The molecule has 0 radical (unpaired) electrons. The summed E-state index contributed by atoms with van der Waals surface area (Å²) in [6, 6.07) is 33.1. The average Bonchev–Trinajstić information content (AvgIpc) is 3.07. The van der Waals surface area contributed by atoms with Gasteiger partial charge in [0.2, 0.25) is 0 Å². The molecule has 1 aliphatic rings. The van der Waals surface area contributed by atoms with Crippen molar-refractivity contribution < 1.29 is 28.5 Å². The Morgan fingerprint density at radius 3 is 2.17 bits per heavy atom. The Labute approximate surface area is 279 Å². The number of amides is 1. The first-order chi connectivity index (χ1) is 22.8. The van der Waals surface area contributed by atoms with E-state index in [1.807, 2.05) is 63.2 Å². The molecule has 47 heavy (non-hydrogen) atoms. The highest BCUT2D eigenvalue weighted by Crippen LogP contribution is 2.35. The number of carbonyl (C=O) groups is 1. The molecule has 3 unspecified atom stereocenters. The van der Waals surface area contributed by atoms with Crippen LogP contribution in [-0.2, 0) is 32.2 Å². The van der Waals surface area contributed by atoms with E-state index in [9.17, 15) is 4.79 Å². The summed E-state index contributed by atoms with van der Waals surface area (Å²) in [6.07, 6.45) is 0.761. The highest BCUT2D eigenvalue weighted by atomic mass is 16.6. The molecule has 250 valence electrons. The van der Waals surface area contributed by atoms with Gasteiger partial charge in [-0.2, -0.15) is 0 Å². The van der Waals surface area contributed by atoms with Gasteiger partial charge in [-0.15, -0.1) is 0 Å². The maximum absolute atomic E-state index is 13.3. The van der Waals surface area contributed by atoms with E-state index in [0.29, 0.717) is 46.1 Å². The first-order valence-corrected chi connectivity index (χ1v) is 16.8. The molecule has 7 nitrogen and oxygen atoms in total. The number of piperidine rings is 1. The predicted molar refractivity (Wildman–Crippen MR) is 186 cm³/mol. The molecule has 1 heterocycles. The molecule has 0 aromatic heterocycles. The number of likely N-dealkylation sites (tertiary alicyclic amines) is 1. The maximum atomic E-state index is 13.3. The zero-order chi connectivity index (χ0) is 33.1. The molecule has 7 heteroatoms. The van der Waals surface area contributed by atoms with Gasteiger partial charge in [0.15, 0.2) is 0 Å². The minimum absolute atomic E-state index is 0.0823. The summed E-state index contributed by atoms with van der Waals surface area (Å²) in [7, 11) is 0. The summed E-state index contributed by atoms with van der Waals surface area (Å²) in [5.41, 5.74) is 2.75. The van der Waals surface area contributed by atoms with Crippen LogP contribution in [0.15, 0.2) is 97.1 Å². The molecule has 0 spiro atoms. The molecule has 0 bridgehead atoms. The molecule has 0 saturated carbocycles. The second kappa shape index (κ2) is 16.8. The first-order valence-electron chi connectivity index (χ1n) is 16.8. The molecular weight excluding hydrogens is 590 g/mol. The number of hydrogen-bond donors (Lipinski definition) is 0. The molecule has 4 aromatic rings. The number of carbonyl (C=O) groups excluding carboxylic acids is 1. The quantitative estimate of drug-likeness (QED) is 0.129. The van der Waals surface area contributed by atoms with E-state index in [2.05, 4.69) is 61.5 Å². The lowest BCUT2D eigenvalue weighted by atomic mass is 9.84. The lowest BCUT2D eigenvalue weighted by molar-refractivity contribution is -0.0959. The summed E-state index contributed by atoms with van der Waals surface area (Å²) in [5.74, 6) is 0.726. The smallest absolute Gasteiger partial charge is 0.410 e.